The molecular formula is C16H32N2S. The fraction of sp³-hybridized carbons (Fsp3) is 1.00. The summed E-state index contributed by atoms with van der Waals surface area (Å²) in [6.45, 7) is 9.81. The van der Waals surface area contributed by atoms with Crippen LogP contribution in [0.3, 0.4) is 0 Å². The van der Waals surface area contributed by atoms with E-state index in [-0.39, 0.29) is 0 Å². The van der Waals surface area contributed by atoms with Crippen LogP contribution in [-0.2, 0) is 0 Å². The molecule has 1 N–H and O–H groups in total. The molecule has 0 aromatic heterocycles. The van der Waals surface area contributed by atoms with E-state index >= 15 is 0 Å². The van der Waals surface area contributed by atoms with Crippen LogP contribution in [0.4, 0.5) is 0 Å². The molecule has 1 aliphatic carbocycles. The second kappa shape index (κ2) is 8.53. The van der Waals surface area contributed by atoms with Crippen LogP contribution in [0.2, 0.25) is 0 Å². The molecule has 3 heteroatoms. The molecule has 0 amide bonds. The van der Waals surface area contributed by atoms with Crippen LogP contribution in [0.25, 0.3) is 0 Å². The second-order valence-electron chi connectivity index (χ2n) is 6.27. The highest BCUT2D eigenvalue weighted by Crippen LogP contribution is 2.28. The molecule has 1 saturated heterocycles. The number of nitrogens with one attached hydrogen (secondary N) is 1. The van der Waals surface area contributed by atoms with Gasteiger partial charge in [-0.05, 0) is 38.1 Å². The van der Waals surface area contributed by atoms with Crippen molar-refractivity contribution in [2.24, 2.45) is 5.92 Å². The highest BCUT2D eigenvalue weighted by Gasteiger charge is 2.28. The maximum Gasteiger partial charge on any atom is 0.0172 e. The van der Waals surface area contributed by atoms with Crippen molar-refractivity contribution < 1.29 is 0 Å². The minimum absolute atomic E-state index is 0.795. The summed E-state index contributed by atoms with van der Waals surface area (Å²) < 4.78 is 0. The van der Waals surface area contributed by atoms with E-state index in [9.17, 15) is 0 Å². The average Bonchev–Trinajstić information content (AvgIpc) is 2.46. The normalized spacial score (nSPS) is 33.5. The monoisotopic (exact) mass is 284 g/mol. The molecular weight excluding hydrogens is 252 g/mol. The van der Waals surface area contributed by atoms with Crippen molar-refractivity contribution in [3.8, 4) is 0 Å². The predicted octanol–water partition coefficient (Wildman–Crippen LogP) is 3.37. The maximum absolute atomic E-state index is 3.80. The molecule has 0 aromatic rings. The van der Waals surface area contributed by atoms with Gasteiger partial charge in [-0.3, -0.25) is 0 Å². The van der Waals surface area contributed by atoms with Crippen molar-refractivity contribution in [3.63, 3.8) is 0 Å². The highest BCUT2D eigenvalue weighted by molar-refractivity contribution is 8.00. The Labute approximate surface area is 124 Å². The van der Waals surface area contributed by atoms with Crippen LogP contribution in [0.5, 0.6) is 0 Å². The van der Waals surface area contributed by atoms with E-state index in [1.807, 2.05) is 0 Å². The fourth-order valence-corrected chi connectivity index (χ4v) is 4.80. The summed E-state index contributed by atoms with van der Waals surface area (Å²) in [6.07, 6.45) is 8.34. The molecule has 1 saturated carbocycles. The number of rotatable bonds is 6. The first-order chi connectivity index (χ1) is 9.33. The maximum atomic E-state index is 3.80. The molecule has 1 aliphatic heterocycles. The molecule has 1 heterocycles. The Balaban J connectivity index is 1.80. The molecule has 0 aromatic carbocycles. The SMILES string of the molecule is CCCNC1CCCCC1CN1CCSC(CC)C1. The molecule has 19 heavy (non-hydrogen) atoms. The lowest BCUT2D eigenvalue weighted by molar-refractivity contribution is 0.170. The van der Waals surface area contributed by atoms with Crippen molar-refractivity contribution in [3.05, 3.63) is 0 Å². The largest absolute Gasteiger partial charge is 0.314 e. The van der Waals surface area contributed by atoms with Crippen molar-refractivity contribution in [1.29, 1.82) is 0 Å². The Hall–Kier alpha value is 0.270. The van der Waals surface area contributed by atoms with E-state index in [1.165, 1.54) is 70.5 Å². The van der Waals surface area contributed by atoms with Crippen LogP contribution in [0.1, 0.15) is 52.4 Å². The van der Waals surface area contributed by atoms with Crippen LogP contribution < -0.4 is 5.32 Å². The van der Waals surface area contributed by atoms with Gasteiger partial charge < -0.3 is 10.2 Å². The van der Waals surface area contributed by atoms with Crippen molar-refractivity contribution in [1.82, 2.24) is 10.2 Å². The van der Waals surface area contributed by atoms with Crippen LogP contribution in [0, 0.1) is 5.92 Å². The van der Waals surface area contributed by atoms with E-state index in [2.05, 4.69) is 35.8 Å². The number of thioether (sulfide) groups is 1. The molecule has 2 rings (SSSR count). The Morgan fingerprint density at radius 3 is 2.84 bits per heavy atom. The second-order valence-corrected chi connectivity index (χ2v) is 7.67. The van der Waals surface area contributed by atoms with Crippen LogP contribution in [0.15, 0.2) is 0 Å². The van der Waals surface area contributed by atoms with Gasteiger partial charge in [-0.1, -0.05) is 26.7 Å². The summed E-state index contributed by atoms with van der Waals surface area (Å²) in [7, 11) is 0. The van der Waals surface area contributed by atoms with Crippen molar-refractivity contribution in [2.45, 2.75) is 63.7 Å². The highest BCUT2D eigenvalue weighted by atomic mass is 32.2. The van der Waals surface area contributed by atoms with Gasteiger partial charge >= 0.3 is 0 Å². The van der Waals surface area contributed by atoms with Gasteiger partial charge in [0.1, 0.15) is 0 Å². The lowest BCUT2D eigenvalue weighted by Gasteiger charge is -2.39. The lowest BCUT2D eigenvalue weighted by atomic mass is 9.84. The van der Waals surface area contributed by atoms with Crippen molar-refractivity contribution in [2.75, 3.05) is 31.9 Å². The Morgan fingerprint density at radius 1 is 1.21 bits per heavy atom. The predicted molar refractivity (Wildman–Crippen MR) is 87.0 cm³/mol. The fourth-order valence-electron chi connectivity index (χ4n) is 3.55. The summed E-state index contributed by atoms with van der Waals surface area (Å²) in [5.74, 6) is 2.25. The van der Waals surface area contributed by atoms with Gasteiger partial charge in [0.2, 0.25) is 0 Å². The van der Waals surface area contributed by atoms with Crippen LogP contribution >= 0.6 is 11.8 Å². The smallest absolute Gasteiger partial charge is 0.0172 e. The molecule has 0 radical (unpaired) electrons. The molecule has 0 bridgehead atoms. The molecule has 112 valence electrons. The van der Waals surface area contributed by atoms with E-state index in [0.29, 0.717) is 0 Å². The first-order valence-electron chi connectivity index (χ1n) is 8.40. The quantitative estimate of drug-likeness (QED) is 0.805. The van der Waals surface area contributed by atoms with E-state index in [0.717, 1.165) is 17.2 Å². The summed E-state index contributed by atoms with van der Waals surface area (Å²) in [5, 5.41) is 4.69. The molecule has 2 fully saturated rings. The number of hydrogen-bond acceptors (Lipinski definition) is 3. The third-order valence-electron chi connectivity index (χ3n) is 4.74. The minimum Gasteiger partial charge on any atom is -0.314 e. The van der Waals surface area contributed by atoms with Gasteiger partial charge in [0.05, 0.1) is 0 Å². The topological polar surface area (TPSA) is 15.3 Å². The first-order valence-corrected chi connectivity index (χ1v) is 9.45. The summed E-state index contributed by atoms with van der Waals surface area (Å²) in [6, 6.07) is 0.795. The van der Waals surface area contributed by atoms with Gasteiger partial charge in [0.25, 0.3) is 0 Å². The first kappa shape index (κ1) is 15.7. The van der Waals surface area contributed by atoms with Gasteiger partial charge in [-0.2, -0.15) is 11.8 Å². The lowest BCUT2D eigenvalue weighted by Crippen LogP contribution is -2.47. The zero-order valence-electron chi connectivity index (χ0n) is 12.9. The average molecular weight is 285 g/mol. The summed E-state index contributed by atoms with van der Waals surface area (Å²) >= 11 is 2.19. The van der Waals surface area contributed by atoms with Gasteiger partial charge in [-0.25, -0.2) is 0 Å². The summed E-state index contributed by atoms with van der Waals surface area (Å²) in [5.41, 5.74) is 0. The van der Waals surface area contributed by atoms with Crippen molar-refractivity contribution >= 4 is 11.8 Å². The zero-order valence-corrected chi connectivity index (χ0v) is 13.7. The van der Waals surface area contributed by atoms with E-state index in [1.54, 1.807) is 0 Å². The molecule has 3 atom stereocenters. The van der Waals surface area contributed by atoms with Gasteiger partial charge in [0, 0.05) is 36.7 Å². The molecule has 3 unspecified atom stereocenters. The third kappa shape index (κ3) is 4.95. The Bertz CT molecular complexity index is 247. The van der Waals surface area contributed by atoms with Gasteiger partial charge in [-0.15, -0.1) is 0 Å². The Morgan fingerprint density at radius 2 is 2.05 bits per heavy atom. The zero-order chi connectivity index (χ0) is 13.5. The summed E-state index contributed by atoms with van der Waals surface area (Å²) in [4.78, 5) is 2.75. The minimum atomic E-state index is 0.795. The number of nitrogens with zero attached hydrogens (tertiary/aromatic N) is 1. The molecule has 2 nitrogen and oxygen atoms in total. The van der Waals surface area contributed by atoms with E-state index < -0.39 is 0 Å². The van der Waals surface area contributed by atoms with E-state index in [4.69, 9.17) is 0 Å². The van der Waals surface area contributed by atoms with Gasteiger partial charge in [0.15, 0.2) is 0 Å². The molecule has 2 aliphatic rings. The standard InChI is InChI=1S/C16H32N2S/c1-3-9-17-16-8-6-5-7-14(16)12-18-10-11-19-15(4-2)13-18/h14-17H,3-13H2,1-2H3. The number of hydrogen-bond donors (Lipinski definition) is 1. The Kier molecular flexibility index (Phi) is 7.03. The van der Waals surface area contributed by atoms with Crippen LogP contribution in [-0.4, -0.2) is 48.1 Å². The third-order valence-corrected chi connectivity index (χ3v) is 6.11. The molecule has 0 spiro atoms.